The number of unbranched alkanes of at least 4 members (excludes halogenated alkanes) is 6. The second kappa shape index (κ2) is 16.8. The Balaban J connectivity index is 0.00000500. The molecule has 0 aliphatic carbocycles. The number of nitrogens with zero attached hydrogens (tertiary/aromatic N) is 2. The van der Waals surface area contributed by atoms with E-state index in [4.69, 9.17) is 10.5 Å². The van der Waals surface area contributed by atoms with Gasteiger partial charge >= 0.3 is 204 Å². The molecule has 6 nitrogen and oxygen atoms in total. The minimum absolute atomic E-state index is 0. The van der Waals surface area contributed by atoms with Crippen molar-refractivity contribution in [2.75, 3.05) is 26.9 Å². The molecule has 1 aliphatic heterocycles. The molecule has 47 heavy (non-hydrogen) atoms. The molecular weight excluding hydrogens is 628 g/mol. The maximum atomic E-state index is 18.5. The smallest absolute Gasteiger partial charge is 1.00 e. The molecule has 0 fully saturated rings. The van der Waals surface area contributed by atoms with E-state index >= 15 is 4.20 Å². The molecular formula is C38H48ClFN5OP. The van der Waals surface area contributed by atoms with Gasteiger partial charge in [0.05, 0.1) is 14.1 Å². The van der Waals surface area contributed by atoms with E-state index in [0.29, 0.717) is 18.7 Å². The van der Waals surface area contributed by atoms with Crippen LogP contribution in [0, 0.1) is 0 Å². The molecule has 1 heterocycles. The summed E-state index contributed by atoms with van der Waals surface area (Å²) in [7, 11) is 3.89. The summed E-state index contributed by atoms with van der Waals surface area (Å²) in [6.45, 7) is -3.43. The van der Waals surface area contributed by atoms with E-state index in [1.165, 1.54) is 0 Å². The zero-order valence-corrected chi connectivity index (χ0v) is 29.1. The van der Waals surface area contributed by atoms with Crippen molar-refractivity contribution in [3.05, 3.63) is 121 Å². The topological polar surface area (TPSA) is 74.7 Å². The summed E-state index contributed by atoms with van der Waals surface area (Å²) in [4.78, 5) is 4.46. The fourth-order valence-electron chi connectivity index (χ4n) is 6.27. The second-order valence-corrected chi connectivity index (χ2v) is 16.6. The Kier molecular flexibility index (Phi) is 12.8. The number of nitrogens with one attached hydrogen (secondary N) is 2. The fourth-order valence-corrected chi connectivity index (χ4v) is 11.1. The molecule has 0 amide bonds. The Morgan fingerprint density at radius 3 is 1.66 bits per heavy atom. The second-order valence-electron chi connectivity index (χ2n) is 12.2. The number of ether oxygens (including phenoxy) is 1. The van der Waals surface area contributed by atoms with E-state index < -0.39 is 6.91 Å². The molecule has 0 aromatic heterocycles. The molecule has 0 saturated carbocycles. The van der Waals surface area contributed by atoms with Crippen molar-refractivity contribution in [1.82, 2.24) is 10.6 Å². The van der Waals surface area contributed by atoms with Gasteiger partial charge in [-0.15, -0.1) is 0 Å². The molecule has 5 rings (SSSR count). The number of rotatable bonds is 15. The Morgan fingerprint density at radius 2 is 1.17 bits per heavy atom. The van der Waals surface area contributed by atoms with Gasteiger partial charge in [0.25, 0.3) is 5.96 Å². The van der Waals surface area contributed by atoms with Crippen LogP contribution in [0.4, 0.5) is 4.20 Å². The summed E-state index contributed by atoms with van der Waals surface area (Å²) in [6, 6.07) is 37.7. The summed E-state index contributed by atoms with van der Waals surface area (Å²) in [5.41, 5.74) is 6.98. The molecule has 1 unspecified atom stereocenters. The molecule has 1 aliphatic rings. The summed E-state index contributed by atoms with van der Waals surface area (Å²) < 4.78 is 26.4. The third-order valence-electron chi connectivity index (χ3n) is 8.81. The van der Waals surface area contributed by atoms with Crippen molar-refractivity contribution in [2.45, 2.75) is 51.1 Å². The minimum atomic E-state index is -4.12. The number of hydrogen-bond acceptors (Lipinski definition) is 3. The average molecular weight is 676 g/mol. The van der Waals surface area contributed by atoms with Gasteiger partial charge in [0.15, 0.2) is 6.17 Å². The predicted molar refractivity (Wildman–Crippen MR) is 193 cm³/mol. The van der Waals surface area contributed by atoms with E-state index in [-0.39, 0.29) is 18.6 Å². The van der Waals surface area contributed by atoms with Crippen LogP contribution in [0.3, 0.4) is 0 Å². The quantitative estimate of drug-likeness (QED) is 0.103. The molecule has 4 aromatic carbocycles. The van der Waals surface area contributed by atoms with Crippen LogP contribution < -0.4 is 49.4 Å². The van der Waals surface area contributed by atoms with Gasteiger partial charge in [-0.2, -0.15) is 4.99 Å². The molecule has 4 aromatic rings. The number of benzene rings is 4. The zero-order chi connectivity index (χ0) is 32.3. The Bertz CT molecular complexity index is 1500. The van der Waals surface area contributed by atoms with E-state index in [1.54, 1.807) is 0 Å². The van der Waals surface area contributed by atoms with Crippen LogP contribution in [0.1, 0.15) is 56.7 Å². The first kappa shape index (κ1) is 35.9. The SMILES string of the molecule is C[N+](C)=C1NC(N)=NC(c2ccc(OCCCCCCCCCP(F)(c3ccccc3)(c3ccccc3)c3ccccc3)cc2)N1.[Cl-]. The predicted octanol–water partition coefficient (Wildman–Crippen LogP) is 3.35. The Morgan fingerprint density at radius 1 is 0.702 bits per heavy atom. The van der Waals surface area contributed by atoms with Crippen LogP contribution >= 0.6 is 6.91 Å². The van der Waals surface area contributed by atoms with Gasteiger partial charge in [0.2, 0.25) is 0 Å². The van der Waals surface area contributed by atoms with E-state index in [0.717, 1.165) is 78.1 Å². The normalized spacial score (nSPS) is 15.2. The first-order valence-corrected chi connectivity index (χ1v) is 18.7. The van der Waals surface area contributed by atoms with Crippen molar-refractivity contribution in [1.29, 1.82) is 0 Å². The van der Waals surface area contributed by atoms with Crippen LogP contribution in [0.2, 0.25) is 0 Å². The van der Waals surface area contributed by atoms with Crippen LogP contribution in [0.25, 0.3) is 0 Å². The van der Waals surface area contributed by atoms with Gasteiger partial charge in [-0.3, -0.25) is 9.89 Å². The third kappa shape index (κ3) is 8.51. The Labute approximate surface area is 285 Å². The van der Waals surface area contributed by atoms with E-state index in [2.05, 4.69) is 15.6 Å². The number of hydrogen-bond donors (Lipinski definition) is 3. The van der Waals surface area contributed by atoms with Gasteiger partial charge in [0, 0.05) is 5.56 Å². The number of guanidine groups is 2. The number of nitrogens with two attached hydrogens (primary N) is 1. The first-order valence-electron chi connectivity index (χ1n) is 16.4. The molecule has 0 saturated heterocycles. The molecule has 0 radical (unpaired) electrons. The maximum absolute atomic E-state index is 18.5. The fraction of sp³-hybridized carbons (Fsp3) is 0.316. The molecule has 9 heteroatoms. The molecule has 4 N–H and O–H groups in total. The standard InChI is InChI=1S/C38H47FN5OP.ClH/c1-44(2)38-42-36(41-37(40)43-38)31-25-27-32(28-26-31)45-29-17-6-4-3-5-7-18-30-46(39,33-19-11-8-12-20-33,34-21-13-9-14-22-34)35-23-15-10-16-24-35;/h8-16,19-28,36H,3-7,17-18,29-30H2,1-2H3,(H3,40,41,42,43);1H. The average Bonchev–Trinajstić information content (AvgIpc) is 3.10. The summed E-state index contributed by atoms with van der Waals surface area (Å²) in [5.74, 6) is 2.06. The van der Waals surface area contributed by atoms with Gasteiger partial charge in [-0.1, -0.05) is 0 Å². The molecule has 0 spiro atoms. The van der Waals surface area contributed by atoms with Crippen molar-refractivity contribution in [2.24, 2.45) is 10.7 Å². The van der Waals surface area contributed by atoms with Crippen LogP contribution in [-0.4, -0.2) is 43.4 Å². The molecule has 1 atom stereocenters. The van der Waals surface area contributed by atoms with Gasteiger partial charge < -0.3 is 18.1 Å². The number of aliphatic imine (C=N–C) groups is 1. The van der Waals surface area contributed by atoms with Gasteiger partial charge in [0.1, 0.15) is 0 Å². The van der Waals surface area contributed by atoms with Gasteiger partial charge in [-0.25, -0.2) is 5.32 Å². The number of halogens is 2. The van der Waals surface area contributed by atoms with Crippen molar-refractivity contribution >= 4 is 34.7 Å². The first-order chi connectivity index (χ1) is 22.4. The van der Waals surface area contributed by atoms with Crippen LogP contribution in [0.5, 0.6) is 5.75 Å². The van der Waals surface area contributed by atoms with Crippen molar-refractivity contribution < 1.29 is 25.9 Å². The summed E-state index contributed by atoms with van der Waals surface area (Å²) in [5, 5.41) is 8.83. The van der Waals surface area contributed by atoms with Crippen LogP contribution in [0.15, 0.2) is 120 Å². The third-order valence-corrected chi connectivity index (χ3v) is 14.1. The van der Waals surface area contributed by atoms with Crippen molar-refractivity contribution in [3.63, 3.8) is 0 Å². The zero-order valence-electron chi connectivity index (χ0n) is 27.5. The van der Waals surface area contributed by atoms with Crippen LogP contribution in [-0.2, 0) is 0 Å². The summed E-state index contributed by atoms with van der Waals surface area (Å²) in [6.07, 6.45) is 7.71. The molecule has 0 bridgehead atoms. The molecule has 250 valence electrons. The minimum Gasteiger partial charge on any atom is -1.00 e. The van der Waals surface area contributed by atoms with E-state index in [1.807, 2.05) is 134 Å². The van der Waals surface area contributed by atoms with Crippen molar-refractivity contribution in [3.8, 4) is 5.75 Å². The van der Waals surface area contributed by atoms with Gasteiger partial charge in [-0.05, 0) is 12.1 Å². The van der Waals surface area contributed by atoms with E-state index in [9.17, 15) is 0 Å². The Hall–Kier alpha value is -3.93. The summed E-state index contributed by atoms with van der Waals surface area (Å²) >= 11 is 0. The monoisotopic (exact) mass is 675 g/mol.